The van der Waals surface area contributed by atoms with Gasteiger partial charge in [-0.15, -0.1) is 0 Å². The normalized spacial score (nSPS) is 22.5. The fourth-order valence-electron chi connectivity index (χ4n) is 3.22. The second-order valence-electron chi connectivity index (χ2n) is 5.97. The summed E-state index contributed by atoms with van der Waals surface area (Å²) in [5.41, 5.74) is 1.83. The van der Waals surface area contributed by atoms with Crippen molar-refractivity contribution in [2.75, 3.05) is 39.4 Å². The molecule has 2 heterocycles. The summed E-state index contributed by atoms with van der Waals surface area (Å²) in [7, 11) is 0. The molecule has 0 aliphatic carbocycles. The van der Waals surface area contributed by atoms with Gasteiger partial charge in [-0.05, 0) is 30.7 Å². The Balaban J connectivity index is 1.55. The molecule has 2 saturated heterocycles. The zero-order valence-corrected chi connectivity index (χ0v) is 12.7. The van der Waals surface area contributed by atoms with Gasteiger partial charge >= 0.3 is 0 Å². The van der Waals surface area contributed by atoms with Crippen molar-refractivity contribution >= 4 is 5.91 Å². The number of hydrogen-bond donors (Lipinski definition) is 0. The summed E-state index contributed by atoms with van der Waals surface area (Å²) in [4.78, 5) is 16.7. The number of likely N-dealkylation sites (tertiary alicyclic amines) is 1. The molecule has 1 aromatic rings. The molecular formula is C17H21N3O2. The highest BCUT2D eigenvalue weighted by molar-refractivity contribution is 5.79. The molecule has 1 atom stereocenters. The lowest BCUT2D eigenvalue weighted by Gasteiger charge is -2.29. The van der Waals surface area contributed by atoms with E-state index >= 15 is 0 Å². The molecule has 0 bridgehead atoms. The van der Waals surface area contributed by atoms with Crippen LogP contribution in [0.3, 0.4) is 0 Å². The van der Waals surface area contributed by atoms with Gasteiger partial charge < -0.3 is 9.64 Å². The molecule has 0 aromatic heterocycles. The highest BCUT2D eigenvalue weighted by atomic mass is 16.5. The number of nitriles is 1. The Bertz CT molecular complexity index is 576. The van der Waals surface area contributed by atoms with Crippen molar-refractivity contribution < 1.29 is 9.53 Å². The third-order valence-electron chi connectivity index (χ3n) is 4.41. The number of carbonyl (C=O) groups excluding carboxylic acids is 1. The third kappa shape index (κ3) is 3.46. The van der Waals surface area contributed by atoms with Gasteiger partial charge in [-0.1, -0.05) is 12.1 Å². The maximum absolute atomic E-state index is 12.5. The SMILES string of the molecule is N#Cc1cccc(CN2CCC(C(=O)N3CCOCC3)C2)c1. The second kappa shape index (κ2) is 6.91. The average molecular weight is 299 g/mol. The lowest BCUT2D eigenvalue weighted by molar-refractivity contribution is -0.139. The minimum absolute atomic E-state index is 0.109. The van der Waals surface area contributed by atoms with E-state index in [9.17, 15) is 4.79 Å². The molecule has 5 nitrogen and oxygen atoms in total. The highest BCUT2D eigenvalue weighted by Crippen LogP contribution is 2.21. The van der Waals surface area contributed by atoms with Crippen LogP contribution in [0.5, 0.6) is 0 Å². The first-order valence-electron chi connectivity index (χ1n) is 7.84. The van der Waals surface area contributed by atoms with E-state index < -0.39 is 0 Å². The first kappa shape index (κ1) is 15.0. The van der Waals surface area contributed by atoms with E-state index in [1.807, 2.05) is 29.2 Å². The molecule has 2 fully saturated rings. The van der Waals surface area contributed by atoms with Crippen molar-refractivity contribution in [1.29, 1.82) is 5.26 Å². The number of morpholine rings is 1. The van der Waals surface area contributed by atoms with Crippen molar-refractivity contribution in [2.45, 2.75) is 13.0 Å². The predicted octanol–water partition coefficient (Wildman–Crippen LogP) is 1.24. The van der Waals surface area contributed by atoms with Crippen LogP contribution in [0.4, 0.5) is 0 Å². The summed E-state index contributed by atoms with van der Waals surface area (Å²) >= 11 is 0. The summed E-state index contributed by atoms with van der Waals surface area (Å²) in [5.74, 6) is 0.383. The molecule has 2 aliphatic rings. The fourth-order valence-corrected chi connectivity index (χ4v) is 3.22. The van der Waals surface area contributed by atoms with Crippen LogP contribution >= 0.6 is 0 Å². The predicted molar refractivity (Wildman–Crippen MR) is 81.9 cm³/mol. The standard InChI is InChI=1S/C17H21N3O2/c18-11-14-2-1-3-15(10-14)12-19-5-4-16(13-19)17(21)20-6-8-22-9-7-20/h1-3,10,16H,4-9,12-13H2. The van der Waals surface area contributed by atoms with Crippen LogP contribution in [-0.4, -0.2) is 55.1 Å². The Morgan fingerprint density at radius 2 is 2.14 bits per heavy atom. The summed E-state index contributed by atoms with van der Waals surface area (Å²) in [6.07, 6.45) is 0.925. The molecule has 0 saturated carbocycles. The van der Waals surface area contributed by atoms with Gasteiger partial charge in [0, 0.05) is 26.2 Å². The van der Waals surface area contributed by atoms with Crippen LogP contribution in [0.25, 0.3) is 0 Å². The summed E-state index contributed by atoms with van der Waals surface area (Å²) < 4.78 is 5.30. The number of ether oxygens (including phenoxy) is 1. The van der Waals surface area contributed by atoms with Crippen LogP contribution < -0.4 is 0 Å². The molecule has 116 valence electrons. The number of amides is 1. The molecule has 1 unspecified atom stereocenters. The lowest BCUT2D eigenvalue weighted by Crippen LogP contribution is -2.44. The first-order chi connectivity index (χ1) is 10.8. The monoisotopic (exact) mass is 299 g/mol. The van der Waals surface area contributed by atoms with E-state index in [1.54, 1.807) is 0 Å². The van der Waals surface area contributed by atoms with Gasteiger partial charge in [-0.2, -0.15) is 5.26 Å². The van der Waals surface area contributed by atoms with Gasteiger partial charge in [0.15, 0.2) is 0 Å². The van der Waals surface area contributed by atoms with Crippen molar-refractivity contribution in [1.82, 2.24) is 9.80 Å². The molecule has 0 radical (unpaired) electrons. The largest absolute Gasteiger partial charge is 0.378 e. The van der Waals surface area contributed by atoms with E-state index in [-0.39, 0.29) is 11.8 Å². The van der Waals surface area contributed by atoms with Gasteiger partial charge in [0.05, 0.1) is 30.8 Å². The zero-order chi connectivity index (χ0) is 15.4. The Labute approximate surface area is 131 Å². The topological polar surface area (TPSA) is 56.6 Å². The minimum Gasteiger partial charge on any atom is -0.378 e. The fraction of sp³-hybridized carbons (Fsp3) is 0.529. The second-order valence-corrected chi connectivity index (χ2v) is 5.97. The molecule has 2 aliphatic heterocycles. The van der Waals surface area contributed by atoms with Gasteiger partial charge in [0.1, 0.15) is 0 Å². The molecule has 5 heteroatoms. The average Bonchev–Trinajstić information content (AvgIpc) is 3.03. The molecule has 0 N–H and O–H groups in total. The van der Waals surface area contributed by atoms with Crippen molar-refractivity contribution in [3.05, 3.63) is 35.4 Å². The Morgan fingerprint density at radius 1 is 1.32 bits per heavy atom. The molecule has 22 heavy (non-hydrogen) atoms. The van der Waals surface area contributed by atoms with E-state index in [2.05, 4.69) is 11.0 Å². The van der Waals surface area contributed by atoms with E-state index in [0.29, 0.717) is 18.8 Å². The molecule has 1 aromatic carbocycles. The smallest absolute Gasteiger partial charge is 0.227 e. The van der Waals surface area contributed by atoms with Crippen molar-refractivity contribution in [3.63, 3.8) is 0 Å². The van der Waals surface area contributed by atoms with E-state index in [1.165, 1.54) is 0 Å². The number of benzene rings is 1. The maximum Gasteiger partial charge on any atom is 0.227 e. The molecular weight excluding hydrogens is 278 g/mol. The van der Waals surface area contributed by atoms with Gasteiger partial charge in [0.2, 0.25) is 5.91 Å². The van der Waals surface area contributed by atoms with Crippen LogP contribution in [0.2, 0.25) is 0 Å². The van der Waals surface area contributed by atoms with E-state index in [4.69, 9.17) is 10.00 Å². The van der Waals surface area contributed by atoms with Crippen LogP contribution in [-0.2, 0) is 16.1 Å². The zero-order valence-electron chi connectivity index (χ0n) is 12.7. The highest BCUT2D eigenvalue weighted by Gasteiger charge is 2.31. The number of rotatable bonds is 3. The Kier molecular flexibility index (Phi) is 4.71. The molecule has 3 rings (SSSR count). The van der Waals surface area contributed by atoms with E-state index in [0.717, 1.165) is 44.7 Å². The van der Waals surface area contributed by atoms with Crippen molar-refractivity contribution in [3.8, 4) is 6.07 Å². The Morgan fingerprint density at radius 3 is 2.91 bits per heavy atom. The summed E-state index contributed by atoms with van der Waals surface area (Å²) in [6.45, 7) is 5.32. The van der Waals surface area contributed by atoms with Gasteiger partial charge in [-0.25, -0.2) is 0 Å². The summed E-state index contributed by atoms with van der Waals surface area (Å²) in [5, 5.41) is 8.96. The number of hydrogen-bond acceptors (Lipinski definition) is 4. The maximum atomic E-state index is 12.5. The quantitative estimate of drug-likeness (QED) is 0.842. The van der Waals surface area contributed by atoms with Gasteiger partial charge in [-0.3, -0.25) is 9.69 Å². The Hall–Kier alpha value is -1.90. The first-order valence-corrected chi connectivity index (χ1v) is 7.84. The van der Waals surface area contributed by atoms with Crippen LogP contribution in [0.1, 0.15) is 17.5 Å². The third-order valence-corrected chi connectivity index (χ3v) is 4.41. The lowest BCUT2D eigenvalue weighted by atomic mass is 10.1. The van der Waals surface area contributed by atoms with Crippen molar-refractivity contribution in [2.24, 2.45) is 5.92 Å². The summed E-state index contributed by atoms with van der Waals surface area (Å²) in [6, 6.07) is 9.87. The number of nitrogens with zero attached hydrogens (tertiary/aromatic N) is 3. The molecule has 1 amide bonds. The molecule has 0 spiro atoms. The van der Waals surface area contributed by atoms with Crippen LogP contribution in [0.15, 0.2) is 24.3 Å². The number of carbonyl (C=O) groups is 1. The van der Waals surface area contributed by atoms with Gasteiger partial charge in [0.25, 0.3) is 0 Å². The van der Waals surface area contributed by atoms with Crippen LogP contribution in [0, 0.1) is 17.2 Å². The minimum atomic E-state index is 0.109.